The van der Waals surface area contributed by atoms with Crippen LogP contribution in [0.1, 0.15) is 44.5 Å². The average molecular weight is 531 g/mol. The number of fused-ring (bicyclic) bond motifs is 1. The second-order valence-electron chi connectivity index (χ2n) is 7.57. The van der Waals surface area contributed by atoms with Gasteiger partial charge >= 0.3 is 11.7 Å². The summed E-state index contributed by atoms with van der Waals surface area (Å²) in [4.78, 5) is 40.4. The molecule has 0 N–H and O–H groups in total. The molecule has 2 atom stereocenters. The highest BCUT2D eigenvalue weighted by molar-refractivity contribution is 9.10. The lowest BCUT2D eigenvalue weighted by molar-refractivity contribution is -0.386. The molecule has 0 saturated carbocycles. The third kappa shape index (κ3) is 5.30. The Morgan fingerprint density at radius 2 is 2.03 bits per heavy atom. The predicted octanol–water partition coefficient (Wildman–Crippen LogP) is 4.40. The van der Waals surface area contributed by atoms with E-state index in [4.69, 9.17) is 4.74 Å². The Balaban J connectivity index is 2.06. The summed E-state index contributed by atoms with van der Waals surface area (Å²) in [6.07, 6.45) is 1.06. The van der Waals surface area contributed by atoms with Crippen molar-refractivity contribution >= 4 is 44.7 Å². The van der Waals surface area contributed by atoms with E-state index in [-0.39, 0.29) is 22.9 Å². The lowest BCUT2D eigenvalue weighted by Crippen LogP contribution is -2.25. The first-order valence-corrected chi connectivity index (χ1v) is 11.2. The van der Waals surface area contributed by atoms with Gasteiger partial charge in [0.2, 0.25) is 0 Å². The summed E-state index contributed by atoms with van der Waals surface area (Å²) >= 11 is 3.37. The second-order valence-corrected chi connectivity index (χ2v) is 8.49. The van der Waals surface area contributed by atoms with Gasteiger partial charge in [-0.15, -0.1) is 0 Å². The van der Waals surface area contributed by atoms with Crippen molar-refractivity contribution in [1.29, 1.82) is 0 Å². The van der Waals surface area contributed by atoms with E-state index in [1.54, 1.807) is 12.1 Å². The van der Waals surface area contributed by atoms with E-state index < -0.39 is 17.0 Å². The third-order valence-electron chi connectivity index (χ3n) is 5.23. The van der Waals surface area contributed by atoms with E-state index in [0.717, 1.165) is 10.9 Å². The van der Waals surface area contributed by atoms with Crippen molar-refractivity contribution in [2.75, 3.05) is 7.11 Å². The van der Waals surface area contributed by atoms with Gasteiger partial charge in [-0.2, -0.15) is 9.78 Å². The molecule has 1 aromatic heterocycles. The molecule has 0 amide bonds. The molecule has 3 rings (SSSR count). The van der Waals surface area contributed by atoms with Gasteiger partial charge < -0.3 is 9.47 Å². The van der Waals surface area contributed by atoms with Crippen LogP contribution in [-0.4, -0.2) is 40.0 Å². The van der Waals surface area contributed by atoms with Crippen molar-refractivity contribution in [3.63, 3.8) is 0 Å². The van der Waals surface area contributed by atoms with E-state index in [1.165, 1.54) is 43.1 Å². The first kappa shape index (κ1) is 25.0. The van der Waals surface area contributed by atoms with Gasteiger partial charge in [0.1, 0.15) is 5.82 Å². The first-order chi connectivity index (χ1) is 16.2. The van der Waals surface area contributed by atoms with Crippen molar-refractivity contribution in [2.45, 2.75) is 39.2 Å². The van der Waals surface area contributed by atoms with Crippen LogP contribution in [0.3, 0.4) is 0 Å². The molecular formula is C23H23BrN4O6. The predicted molar refractivity (Wildman–Crippen MR) is 131 cm³/mol. The standard InChI is InChI=1S/C23H23BrN4O6/c1-5-13(2)21-26-18-8-7-16(24)11-17(18)22(29)27(21)25-12-15-6-9-20(19(10-15)28(31)32)34-14(3)23(30)33-4/h6-14H,5H2,1-4H3/t13-,14+/m1/s1. The Kier molecular flexibility index (Phi) is 7.77. The Hall–Kier alpha value is -3.60. The summed E-state index contributed by atoms with van der Waals surface area (Å²) in [7, 11) is 1.20. The number of benzene rings is 2. The molecule has 0 saturated heterocycles. The number of methoxy groups -OCH3 is 1. The molecule has 0 spiro atoms. The molecule has 0 aliphatic rings. The maximum atomic E-state index is 13.2. The fourth-order valence-electron chi connectivity index (χ4n) is 3.17. The average Bonchev–Trinajstić information content (AvgIpc) is 2.83. The Labute approximate surface area is 203 Å². The molecule has 10 nitrogen and oxygen atoms in total. The van der Waals surface area contributed by atoms with Gasteiger partial charge in [-0.05, 0) is 43.7 Å². The van der Waals surface area contributed by atoms with Crippen LogP contribution < -0.4 is 10.3 Å². The number of rotatable bonds is 8. The van der Waals surface area contributed by atoms with Crippen LogP contribution in [0, 0.1) is 10.1 Å². The molecule has 2 aromatic carbocycles. The smallest absolute Gasteiger partial charge is 0.346 e. The van der Waals surface area contributed by atoms with Crippen LogP contribution in [0.25, 0.3) is 10.9 Å². The molecule has 0 bridgehead atoms. The van der Waals surface area contributed by atoms with Crippen LogP contribution in [0.4, 0.5) is 5.69 Å². The lowest BCUT2D eigenvalue weighted by Gasteiger charge is -2.14. The molecule has 3 aromatic rings. The number of nitrogens with zero attached hydrogens (tertiary/aromatic N) is 4. The highest BCUT2D eigenvalue weighted by Gasteiger charge is 2.22. The van der Waals surface area contributed by atoms with Crippen molar-refractivity contribution in [3.05, 3.63) is 72.7 Å². The Morgan fingerprint density at radius 1 is 1.29 bits per heavy atom. The van der Waals surface area contributed by atoms with E-state index in [2.05, 4.69) is 30.8 Å². The van der Waals surface area contributed by atoms with E-state index in [1.807, 2.05) is 19.9 Å². The van der Waals surface area contributed by atoms with Crippen LogP contribution in [0.15, 0.2) is 50.8 Å². The Bertz CT molecular complexity index is 1340. The van der Waals surface area contributed by atoms with Crippen molar-refractivity contribution in [3.8, 4) is 5.75 Å². The van der Waals surface area contributed by atoms with Gasteiger partial charge in [0.15, 0.2) is 11.9 Å². The fraction of sp³-hybridized carbons (Fsp3) is 0.304. The van der Waals surface area contributed by atoms with Gasteiger partial charge in [0.25, 0.3) is 5.56 Å². The van der Waals surface area contributed by atoms with Crippen molar-refractivity contribution < 1.29 is 19.2 Å². The second kappa shape index (κ2) is 10.6. The maximum absolute atomic E-state index is 13.2. The van der Waals surface area contributed by atoms with E-state index >= 15 is 0 Å². The Morgan fingerprint density at radius 3 is 2.68 bits per heavy atom. The number of nitro groups is 1. The van der Waals surface area contributed by atoms with Crippen LogP contribution in [0.2, 0.25) is 0 Å². The molecule has 0 radical (unpaired) electrons. The number of esters is 1. The molecule has 0 aliphatic heterocycles. The summed E-state index contributed by atoms with van der Waals surface area (Å²) in [5, 5.41) is 16.3. The minimum absolute atomic E-state index is 0.0529. The molecule has 1 heterocycles. The van der Waals surface area contributed by atoms with Crippen molar-refractivity contribution in [2.24, 2.45) is 5.10 Å². The molecular weight excluding hydrogens is 508 g/mol. The summed E-state index contributed by atoms with van der Waals surface area (Å²) in [6, 6.07) is 9.41. The number of aromatic nitrogens is 2. The normalized spacial score (nSPS) is 13.1. The van der Waals surface area contributed by atoms with Crippen LogP contribution in [-0.2, 0) is 9.53 Å². The zero-order chi connectivity index (χ0) is 25.0. The number of ether oxygens (including phenoxy) is 2. The maximum Gasteiger partial charge on any atom is 0.346 e. The highest BCUT2D eigenvalue weighted by atomic mass is 79.9. The lowest BCUT2D eigenvalue weighted by atomic mass is 10.1. The molecule has 0 fully saturated rings. The van der Waals surface area contributed by atoms with Gasteiger partial charge in [-0.25, -0.2) is 9.78 Å². The number of nitro benzene ring substituents is 1. The monoisotopic (exact) mass is 530 g/mol. The summed E-state index contributed by atoms with van der Waals surface area (Å²) in [6.45, 7) is 5.35. The largest absolute Gasteiger partial charge is 0.472 e. The fourth-order valence-corrected chi connectivity index (χ4v) is 3.53. The summed E-state index contributed by atoms with van der Waals surface area (Å²) in [5.41, 5.74) is 0.224. The molecule has 0 unspecified atom stereocenters. The highest BCUT2D eigenvalue weighted by Crippen LogP contribution is 2.29. The number of hydrogen-bond acceptors (Lipinski definition) is 8. The quantitative estimate of drug-likeness (QED) is 0.183. The van der Waals surface area contributed by atoms with E-state index in [9.17, 15) is 19.7 Å². The van der Waals surface area contributed by atoms with Gasteiger partial charge in [-0.3, -0.25) is 14.9 Å². The third-order valence-corrected chi connectivity index (χ3v) is 5.72. The zero-order valence-electron chi connectivity index (χ0n) is 19.0. The molecule has 34 heavy (non-hydrogen) atoms. The molecule has 11 heteroatoms. The van der Waals surface area contributed by atoms with Crippen LogP contribution in [0.5, 0.6) is 5.75 Å². The topological polar surface area (TPSA) is 126 Å². The minimum Gasteiger partial charge on any atom is -0.472 e. The SMILES string of the molecule is CC[C@@H](C)c1nc2ccc(Br)cc2c(=O)n1N=Cc1ccc(O[C@@H](C)C(=O)OC)c([N+](=O)[O-])c1. The summed E-state index contributed by atoms with van der Waals surface area (Å²) in [5.74, 6) is -0.315. The van der Waals surface area contributed by atoms with Crippen LogP contribution >= 0.6 is 15.9 Å². The molecule has 178 valence electrons. The number of carbonyl (C=O) groups is 1. The number of carbonyl (C=O) groups excluding carboxylic acids is 1. The van der Waals surface area contributed by atoms with E-state index in [0.29, 0.717) is 22.3 Å². The van der Waals surface area contributed by atoms with Gasteiger partial charge in [0.05, 0.1) is 29.2 Å². The van der Waals surface area contributed by atoms with Gasteiger partial charge in [0, 0.05) is 22.0 Å². The number of hydrogen-bond donors (Lipinski definition) is 0. The zero-order valence-corrected chi connectivity index (χ0v) is 20.6. The first-order valence-electron chi connectivity index (χ1n) is 10.5. The summed E-state index contributed by atoms with van der Waals surface area (Å²) < 4.78 is 11.9. The minimum atomic E-state index is -1.03. The van der Waals surface area contributed by atoms with Gasteiger partial charge in [-0.1, -0.05) is 29.8 Å². The van der Waals surface area contributed by atoms with Crippen molar-refractivity contribution in [1.82, 2.24) is 9.66 Å². The molecule has 0 aliphatic carbocycles. The number of halogens is 1.